The molecule has 12 heteroatoms. The lowest BCUT2D eigenvalue weighted by Gasteiger charge is -2.49. The van der Waals surface area contributed by atoms with Crippen molar-refractivity contribution < 1.29 is 33.4 Å². The first-order valence-corrected chi connectivity index (χ1v) is 17.5. The number of allylic oxidation sites excluding steroid dienone is 2. The van der Waals surface area contributed by atoms with E-state index in [0.717, 1.165) is 48.6 Å². The fourth-order valence-electron chi connectivity index (χ4n) is 8.93. The van der Waals surface area contributed by atoms with E-state index in [2.05, 4.69) is 31.9 Å². The highest BCUT2D eigenvalue weighted by atomic mass is 79.9. The lowest BCUT2D eigenvalue weighted by molar-refractivity contribution is -0.144. The Hall–Kier alpha value is -2.76. The number of ether oxygens (including phenoxy) is 1. The molecule has 2 saturated heterocycles. The fourth-order valence-corrected chi connectivity index (χ4v) is 10.1. The number of hydrogen-bond acceptors (Lipinski definition) is 6. The third kappa shape index (κ3) is 4.40. The van der Waals surface area contributed by atoms with E-state index in [1.54, 1.807) is 13.0 Å². The average molecular weight is 779 g/mol. The summed E-state index contributed by atoms with van der Waals surface area (Å²) in [5.74, 6) is -5.21. The van der Waals surface area contributed by atoms with Gasteiger partial charge >= 0.3 is 0 Å². The highest BCUT2D eigenvalue weighted by Crippen LogP contribution is 2.65. The molecular weight excluding hydrogens is 747 g/mol. The highest BCUT2D eigenvalue weighted by Gasteiger charge is 2.68. The van der Waals surface area contributed by atoms with E-state index in [-0.39, 0.29) is 46.5 Å². The second-order valence-electron chi connectivity index (χ2n) is 13.2. The Morgan fingerprint density at radius 3 is 2.39 bits per heavy atom. The summed E-state index contributed by atoms with van der Waals surface area (Å²) in [5, 5.41) is 10.6. The van der Waals surface area contributed by atoms with Gasteiger partial charge in [0.2, 0.25) is 23.6 Å². The fraction of sp³-hybridized carbons (Fsp3) is 0.471. The molecule has 3 aliphatic carbocycles. The molecule has 46 heavy (non-hydrogen) atoms. The molecule has 8 nitrogen and oxygen atoms in total. The van der Waals surface area contributed by atoms with E-state index in [9.17, 15) is 28.7 Å². The van der Waals surface area contributed by atoms with Gasteiger partial charge in [0.15, 0.2) is 11.5 Å². The minimum Gasteiger partial charge on any atom is -0.503 e. The maximum absolute atomic E-state index is 14.7. The molecule has 6 unspecified atom stereocenters. The molecule has 1 N–H and O–H groups in total. The first kappa shape index (κ1) is 31.8. The van der Waals surface area contributed by atoms with Crippen molar-refractivity contribution in [2.45, 2.75) is 63.8 Å². The van der Waals surface area contributed by atoms with Crippen LogP contribution in [0.15, 0.2) is 44.9 Å². The van der Waals surface area contributed by atoms with Crippen molar-refractivity contribution in [3.63, 3.8) is 0 Å². The van der Waals surface area contributed by atoms with E-state index in [1.165, 1.54) is 24.1 Å². The summed E-state index contributed by atoms with van der Waals surface area (Å²) < 4.78 is 20.4. The van der Waals surface area contributed by atoms with Crippen molar-refractivity contribution in [2.24, 2.45) is 29.1 Å². The lowest BCUT2D eigenvalue weighted by atomic mass is 9.51. The van der Waals surface area contributed by atoms with Crippen LogP contribution in [0, 0.1) is 34.9 Å². The van der Waals surface area contributed by atoms with Gasteiger partial charge < -0.3 is 9.84 Å². The number of hydrogen-bond donors (Lipinski definition) is 1. The van der Waals surface area contributed by atoms with Gasteiger partial charge in [0, 0.05) is 16.4 Å². The van der Waals surface area contributed by atoms with E-state index in [4.69, 9.17) is 16.3 Å². The van der Waals surface area contributed by atoms with Crippen molar-refractivity contribution in [3.8, 4) is 11.5 Å². The first-order chi connectivity index (χ1) is 21.9. The zero-order valence-corrected chi connectivity index (χ0v) is 29.1. The van der Waals surface area contributed by atoms with Crippen LogP contribution >= 0.6 is 43.5 Å². The van der Waals surface area contributed by atoms with Gasteiger partial charge in [0.25, 0.3) is 0 Å². The van der Waals surface area contributed by atoms with Gasteiger partial charge in [-0.3, -0.25) is 24.1 Å². The second-order valence-corrected chi connectivity index (χ2v) is 15.2. The number of anilines is 1. The third-order valence-electron chi connectivity index (χ3n) is 11.1. The molecular formula is C34H32Br2ClFN2O6. The number of carbonyl (C=O) groups is 4. The largest absolute Gasteiger partial charge is 0.503 e. The van der Waals surface area contributed by atoms with Crippen LogP contribution in [0.2, 0.25) is 5.02 Å². The normalized spacial score (nSPS) is 31.2. The van der Waals surface area contributed by atoms with Gasteiger partial charge in [-0.25, -0.2) is 9.29 Å². The van der Waals surface area contributed by atoms with E-state index in [1.807, 2.05) is 6.08 Å². The summed E-state index contributed by atoms with van der Waals surface area (Å²) in [6.07, 6.45) is 7.14. The molecule has 2 heterocycles. The Kier molecular flexibility index (Phi) is 7.91. The summed E-state index contributed by atoms with van der Waals surface area (Å²) in [4.78, 5) is 59.8. The average Bonchev–Trinajstić information content (AvgIpc) is 3.41. The Labute approximate surface area is 287 Å². The van der Waals surface area contributed by atoms with Crippen LogP contribution < -0.4 is 9.64 Å². The molecule has 6 atom stereocenters. The predicted octanol–water partition coefficient (Wildman–Crippen LogP) is 7.28. The number of amides is 4. The summed E-state index contributed by atoms with van der Waals surface area (Å²) in [6.45, 7) is 1.76. The maximum atomic E-state index is 14.7. The summed E-state index contributed by atoms with van der Waals surface area (Å²) in [5.41, 5.74) is 0.215. The van der Waals surface area contributed by atoms with Crippen molar-refractivity contribution in [1.82, 2.24) is 4.90 Å². The van der Waals surface area contributed by atoms with Gasteiger partial charge in [-0.15, -0.1) is 0 Å². The highest BCUT2D eigenvalue weighted by molar-refractivity contribution is 9.13. The molecule has 0 bridgehead atoms. The molecule has 2 saturated carbocycles. The number of halogens is 4. The van der Waals surface area contributed by atoms with Crippen LogP contribution in [-0.2, 0) is 19.2 Å². The molecule has 4 fully saturated rings. The predicted molar refractivity (Wildman–Crippen MR) is 175 cm³/mol. The zero-order chi connectivity index (χ0) is 32.8. The standard InChI is InChI=1S/C34H32Br2ClFN2O6/c1-34-21(31(43)40(33(34)45)16-8-11-23(38)22(37)12-16)13-19-17(26(34)20-14-24(46-2)29(41)28(36)27(20)35)9-10-18-25(19)32(44)39(30(18)42)15-6-4-3-5-7-15/h8-9,11-12,14-15,18-19,21,25-26,41H,3-7,10,13H2,1-2H3. The molecule has 4 amide bonds. The number of carbonyl (C=O) groups excluding carboxylic acids is 4. The number of rotatable bonds is 4. The van der Waals surface area contributed by atoms with Crippen LogP contribution in [0.3, 0.4) is 0 Å². The van der Waals surface area contributed by atoms with Crippen molar-refractivity contribution >= 4 is 72.8 Å². The molecule has 7 rings (SSSR count). The van der Waals surface area contributed by atoms with Crippen molar-refractivity contribution in [1.29, 1.82) is 0 Å². The van der Waals surface area contributed by atoms with Gasteiger partial charge in [-0.05, 0) is 100 Å². The molecule has 242 valence electrons. The van der Waals surface area contributed by atoms with Gasteiger partial charge in [-0.2, -0.15) is 0 Å². The lowest BCUT2D eigenvalue weighted by Crippen LogP contribution is -2.49. The third-order valence-corrected chi connectivity index (χ3v) is 13.6. The van der Waals surface area contributed by atoms with Gasteiger partial charge in [0.1, 0.15) is 5.82 Å². The van der Waals surface area contributed by atoms with Crippen LogP contribution in [0.4, 0.5) is 10.1 Å². The number of aromatic hydroxyl groups is 1. The Morgan fingerprint density at radius 1 is 1.00 bits per heavy atom. The molecule has 0 spiro atoms. The number of benzene rings is 2. The molecule has 2 aliphatic heterocycles. The number of fused-ring (bicyclic) bond motifs is 4. The van der Waals surface area contributed by atoms with E-state index < -0.39 is 52.6 Å². The second kappa shape index (κ2) is 11.4. The number of methoxy groups -OCH3 is 1. The smallest absolute Gasteiger partial charge is 0.241 e. The number of imide groups is 2. The van der Waals surface area contributed by atoms with Crippen LogP contribution in [0.25, 0.3) is 0 Å². The van der Waals surface area contributed by atoms with Crippen LogP contribution in [0.1, 0.15) is 63.4 Å². The monoisotopic (exact) mass is 776 g/mol. The summed E-state index contributed by atoms with van der Waals surface area (Å²) in [6, 6.07) is 5.27. The molecule has 5 aliphatic rings. The topological polar surface area (TPSA) is 104 Å². The molecule has 0 aromatic heterocycles. The number of nitrogens with zero attached hydrogens (tertiary/aromatic N) is 2. The van der Waals surface area contributed by atoms with Gasteiger partial charge in [-0.1, -0.05) is 42.5 Å². The number of phenolic OH excluding ortho intramolecular Hbond substituents is 1. The zero-order valence-electron chi connectivity index (χ0n) is 25.2. The van der Waals surface area contributed by atoms with Gasteiger partial charge in [0.05, 0.1) is 45.5 Å². The minimum atomic E-state index is -1.34. The Morgan fingerprint density at radius 2 is 1.72 bits per heavy atom. The van der Waals surface area contributed by atoms with Crippen LogP contribution in [-0.4, -0.2) is 46.8 Å². The quantitative estimate of drug-likeness (QED) is 0.259. The molecule has 0 radical (unpaired) electrons. The molecule has 2 aromatic carbocycles. The molecule has 2 aromatic rings. The van der Waals surface area contributed by atoms with Crippen LogP contribution in [0.5, 0.6) is 11.5 Å². The number of phenols is 1. The summed E-state index contributed by atoms with van der Waals surface area (Å²) >= 11 is 13.2. The Bertz CT molecular complexity index is 1740. The SMILES string of the molecule is COc1cc(C2C3=CCC4C(=O)N(C5CCCCC5)C(=O)C4C3CC3C(=O)N(c4ccc(F)c(Cl)c4)C(=O)C32C)c(Br)c(Br)c1O. The first-order valence-electron chi connectivity index (χ1n) is 15.6. The maximum Gasteiger partial charge on any atom is 0.241 e. The minimum absolute atomic E-state index is 0.118. The summed E-state index contributed by atoms with van der Waals surface area (Å²) in [7, 11) is 1.42. The van der Waals surface area contributed by atoms with E-state index >= 15 is 0 Å². The Balaban J connectivity index is 1.40. The van der Waals surface area contributed by atoms with E-state index in [0.29, 0.717) is 20.9 Å². The number of likely N-dealkylation sites (tertiary alicyclic amines) is 1. The van der Waals surface area contributed by atoms with Crippen molar-refractivity contribution in [2.75, 3.05) is 12.0 Å². The van der Waals surface area contributed by atoms with Crippen molar-refractivity contribution in [3.05, 3.63) is 61.3 Å².